The summed E-state index contributed by atoms with van der Waals surface area (Å²) in [5.74, 6) is 0.649. The summed E-state index contributed by atoms with van der Waals surface area (Å²) in [6, 6.07) is 3.24. The lowest BCUT2D eigenvalue weighted by atomic mass is 10.0. The van der Waals surface area contributed by atoms with Gasteiger partial charge in [0.2, 0.25) is 0 Å². The summed E-state index contributed by atoms with van der Waals surface area (Å²) in [6.45, 7) is 3.47. The van der Waals surface area contributed by atoms with Crippen molar-refractivity contribution in [3.05, 3.63) is 46.0 Å². The molecule has 0 radical (unpaired) electrons. The molecule has 0 aromatic rings. The van der Waals surface area contributed by atoms with Gasteiger partial charge in [-0.25, -0.2) is 0 Å². The Kier molecular flexibility index (Phi) is 2.52. The SMILES string of the molecule is C/C=C\c1cc2cc(=O)c(C)c(O)c-2co1. The normalized spacial score (nSPS) is 11.4. The molecule has 0 spiro atoms. The molecule has 1 heterocycles. The number of aromatic hydroxyl groups is 1. The predicted octanol–water partition coefficient (Wildman–Crippen LogP) is 2.79. The van der Waals surface area contributed by atoms with Crippen LogP contribution < -0.4 is 5.43 Å². The molecule has 1 aliphatic carbocycles. The van der Waals surface area contributed by atoms with Crippen molar-refractivity contribution in [2.24, 2.45) is 0 Å². The molecule has 0 aromatic heterocycles. The highest BCUT2D eigenvalue weighted by atomic mass is 16.3. The van der Waals surface area contributed by atoms with Crippen LogP contribution in [0.1, 0.15) is 18.2 Å². The predicted molar refractivity (Wildman–Crippen MR) is 62.7 cm³/mol. The average molecular weight is 216 g/mol. The molecule has 3 nitrogen and oxygen atoms in total. The molecule has 0 unspecified atom stereocenters. The number of hydrogen-bond acceptors (Lipinski definition) is 3. The van der Waals surface area contributed by atoms with E-state index in [1.54, 1.807) is 19.1 Å². The third-order valence-corrected chi connectivity index (χ3v) is 2.52. The first-order valence-corrected chi connectivity index (χ1v) is 5.01. The molecule has 0 saturated heterocycles. The van der Waals surface area contributed by atoms with E-state index in [9.17, 15) is 9.90 Å². The Morgan fingerprint density at radius 1 is 1.38 bits per heavy atom. The molecule has 1 N–H and O–H groups in total. The lowest BCUT2D eigenvalue weighted by Crippen LogP contribution is -2.05. The van der Waals surface area contributed by atoms with Crippen LogP contribution in [0.5, 0.6) is 5.75 Å². The smallest absolute Gasteiger partial charge is 0.185 e. The van der Waals surface area contributed by atoms with Gasteiger partial charge < -0.3 is 9.52 Å². The quantitative estimate of drug-likeness (QED) is 0.797. The molecule has 1 aliphatic heterocycles. The largest absolute Gasteiger partial charge is 0.507 e. The van der Waals surface area contributed by atoms with E-state index in [0.717, 1.165) is 0 Å². The molecular formula is C13H12O3. The first-order chi connectivity index (χ1) is 7.63. The Balaban J connectivity index is 2.76. The number of phenolic OH excluding ortho intramolecular Hbond substituents is 1. The van der Waals surface area contributed by atoms with Gasteiger partial charge in [-0.3, -0.25) is 4.79 Å². The van der Waals surface area contributed by atoms with Crippen molar-refractivity contribution in [3.63, 3.8) is 0 Å². The Labute approximate surface area is 93.0 Å². The second-order valence-electron chi connectivity index (χ2n) is 3.63. The molecule has 2 aliphatic rings. The van der Waals surface area contributed by atoms with Gasteiger partial charge in [0.15, 0.2) is 5.43 Å². The van der Waals surface area contributed by atoms with Gasteiger partial charge in [0.1, 0.15) is 17.8 Å². The van der Waals surface area contributed by atoms with Crippen LogP contribution in [0.3, 0.4) is 0 Å². The number of benzene rings is 1. The minimum absolute atomic E-state index is 0.00159. The van der Waals surface area contributed by atoms with Crippen LogP contribution in [0, 0.1) is 6.92 Å². The molecule has 0 saturated carbocycles. The number of rotatable bonds is 1. The van der Waals surface area contributed by atoms with Crippen molar-refractivity contribution in [1.29, 1.82) is 0 Å². The molecule has 0 fully saturated rings. The number of fused-ring (bicyclic) bond motifs is 1. The van der Waals surface area contributed by atoms with Crippen LogP contribution >= 0.6 is 0 Å². The minimum Gasteiger partial charge on any atom is -0.507 e. The van der Waals surface area contributed by atoms with Crippen LogP contribution in [0.4, 0.5) is 0 Å². The highest BCUT2D eigenvalue weighted by Gasteiger charge is 2.13. The fourth-order valence-electron chi connectivity index (χ4n) is 1.59. The molecule has 0 atom stereocenters. The van der Waals surface area contributed by atoms with Crippen molar-refractivity contribution in [2.75, 3.05) is 0 Å². The van der Waals surface area contributed by atoms with Gasteiger partial charge in [-0.05, 0) is 37.6 Å². The number of phenols is 1. The fourth-order valence-corrected chi connectivity index (χ4v) is 1.59. The van der Waals surface area contributed by atoms with Gasteiger partial charge >= 0.3 is 0 Å². The maximum atomic E-state index is 11.5. The van der Waals surface area contributed by atoms with E-state index >= 15 is 0 Å². The lowest BCUT2D eigenvalue weighted by Gasteiger charge is -2.09. The van der Waals surface area contributed by atoms with E-state index in [1.807, 2.05) is 13.0 Å². The van der Waals surface area contributed by atoms with E-state index in [1.165, 1.54) is 12.3 Å². The molecule has 0 bridgehead atoms. The van der Waals surface area contributed by atoms with E-state index < -0.39 is 0 Å². The van der Waals surface area contributed by atoms with Crippen molar-refractivity contribution in [1.82, 2.24) is 0 Å². The third-order valence-electron chi connectivity index (χ3n) is 2.52. The molecule has 3 heteroatoms. The third kappa shape index (κ3) is 1.60. The average Bonchev–Trinajstić information content (AvgIpc) is 2.26. The highest BCUT2D eigenvalue weighted by Crippen LogP contribution is 2.32. The second kappa shape index (κ2) is 3.85. The molecule has 0 aromatic carbocycles. The van der Waals surface area contributed by atoms with E-state index in [-0.39, 0.29) is 11.2 Å². The molecule has 2 rings (SSSR count). The Morgan fingerprint density at radius 3 is 2.81 bits per heavy atom. The Morgan fingerprint density at radius 2 is 2.12 bits per heavy atom. The Bertz CT molecular complexity index is 579. The first-order valence-electron chi connectivity index (χ1n) is 5.01. The summed E-state index contributed by atoms with van der Waals surface area (Å²) in [5.41, 5.74) is 1.43. The van der Waals surface area contributed by atoms with Crippen LogP contribution in [-0.4, -0.2) is 5.11 Å². The van der Waals surface area contributed by atoms with E-state index in [0.29, 0.717) is 22.5 Å². The zero-order valence-electron chi connectivity index (χ0n) is 9.15. The second-order valence-corrected chi connectivity index (χ2v) is 3.63. The monoisotopic (exact) mass is 216 g/mol. The molecule has 0 amide bonds. The van der Waals surface area contributed by atoms with Gasteiger partial charge in [0, 0.05) is 5.56 Å². The van der Waals surface area contributed by atoms with E-state index in [4.69, 9.17) is 4.42 Å². The Hall–Kier alpha value is -2.03. The fraction of sp³-hybridized carbons (Fsp3) is 0.154. The summed E-state index contributed by atoms with van der Waals surface area (Å²) < 4.78 is 5.31. The summed E-state index contributed by atoms with van der Waals surface area (Å²) >= 11 is 0. The summed E-state index contributed by atoms with van der Waals surface area (Å²) in [5, 5.41) is 9.78. The van der Waals surface area contributed by atoms with Gasteiger partial charge in [-0.1, -0.05) is 6.08 Å². The van der Waals surface area contributed by atoms with Crippen LogP contribution in [0.15, 0.2) is 33.7 Å². The molecular weight excluding hydrogens is 204 g/mol. The van der Waals surface area contributed by atoms with Crippen LogP contribution in [0.25, 0.3) is 17.2 Å². The lowest BCUT2D eigenvalue weighted by molar-refractivity contribution is 0.466. The molecule has 16 heavy (non-hydrogen) atoms. The standard InChI is InChI=1S/C13H12O3/c1-3-4-10-5-9-6-12(14)8(2)13(15)11(9)7-16-10/h3-7,15H,1-2H3/b4-3-. The van der Waals surface area contributed by atoms with Gasteiger partial charge in [-0.2, -0.15) is 0 Å². The van der Waals surface area contributed by atoms with Crippen LogP contribution in [0.2, 0.25) is 0 Å². The van der Waals surface area contributed by atoms with Crippen molar-refractivity contribution < 1.29 is 9.52 Å². The minimum atomic E-state index is -0.164. The maximum Gasteiger partial charge on any atom is 0.185 e. The summed E-state index contributed by atoms with van der Waals surface area (Å²) in [4.78, 5) is 11.5. The summed E-state index contributed by atoms with van der Waals surface area (Å²) in [7, 11) is 0. The van der Waals surface area contributed by atoms with Crippen molar-refractivity contribution in [2.45, 2.75) is 13.8 Å². The maximum absolute atomic E-state index is 11.5. The van der Waals surface area contributed by atoms with Gasteiger partial charge in [0.25, 0.3) is 0 Å². The van der Waals surface area contributed by atoms with E-state index in [2.05, 4.69) is 0 Å². The zero-order chi connectivity index (χ0) is 11.7. The summed E-state index contributed by atoms with van der Waals surface area (Å²) in [6.07, 6.45) is 5.10. The highest BCUT2D eigenvalue weighted by molar-refractivity contribution is 5.73. The van der Waals surface area contributed by atoms with Crippen LogP contribution in [-0.2, 0) is 0 Å². The number of hydrogen-bond donors (Lipinski definition) is 1. The zero-order valence-corrected chi connectivity index (χ0v) is 9.15. The first kappa shape index (κ1) is 10.5. The van der Waals surface area contributed by atoms with Crippen molar-refractivity contribution >= 4 is 6.08 Å². The number of allylic oxidation sites excluding steroid dienone is 1. The molecule has 82 valence electrons. The van der Waals surface area contributed by atoms with Gasteiger partial charge in [0.05, 0.1) is 5.56 Å². The van der Waals surface area contributed by atoms with Crippen molar-refractivity contribution in [3.8, 4) is 16.9 Å². The van der Waals surface area contributed by atoms with Gasteiger partial charge in [-0.15, -0.1) is 0 Å². The topological polar surface area (TPSA) is 50.4 Å².